The van der Waals surface area contributed by atoms with Gasteiger partial charge in [0.15, 0.2) is 0 Å². The van der Waals surface area contributed by atoms with E-state index in [-0.39, 0.29) is 5.82 Å². The molecule has 0 radical (unpaired) electrons. The molecule has 1 heterocycles. The molecule has 1 aromatic rings. The van der Waals surface area contributed by atoms with Gasteiger partial charge in [-0.05, 0) is 63.4 Å². The van der Waals surface area contributed by atoms with Crippen LogP contribution in [0.5, 0.6) is 0 Å². The van der Waals surface area contributed by atoms with Crippen LogP contribution in [-0.4, -0.2) is 24.0 Å². The Labute approximate surface area is 115 Å². The molecule has 0 aliphatic carbocycles. The van der Waals surface area contributed by atoms with Crippen LogP contribution < -0.4 is 5.73 Å². The molecule has 0 aromatic heterocycles. The van der Waals surface area contributed by atoms with Crippen LogP contribution >= 0.6 is 0 Å². The van der Waals surface area contributed by atoms with Gasteiger partial charge in [0.25, 0.3) is 0 Å². The van der Waals surface area contributed by atoms with Crippen LogP contribution in [0.4, 0.5) is 4.39 Å². The third-order valence-corrected chi connectivity index (χ3v) is 4.22. The standard InChI is InChI=1S/C16H25FN2/c1-12(2)19-10-4-3-5-14(11-18)16(19)13-6-8-15(17)9-7-13/h6-9,12,14,16H,3-5,10-11,18H2,1-2H3. The predicted octanol–water partition coefficient (Wildman–Crippen LogP) is 3.34. The molecule has 0 spiro atoms. The van der Waals surface area contributed by atoms with E-state index >= 15 is 0 Å². The first-order valence-electron chi connectivity index (χ1n) is 7.34. The Morgan fingerprint density at radius 1 is 1.26 bits per heavy atom. The van der Waals surface area contributed by atoms with Gasteiger partial charge < -0.3 is 5.73 Å². The van der Waals surface area contributed by atoms with Crippen LogP contribution in [0.2, 0.25) is 0 Å². The Kier molecular flexibility index (Phi) is 4.94. The van der Waals surface area contributed by atoms with Crippen molar-refractivity contribution in [2.45, 2.75) is 45.2 Å². The molecule has 2 N–H and O–H groups in total. The highest BCUT2D eigenvalue weighted by molar-refractivity contribution is 5.21. The molecule has 1 aliphatic rings. The van der Waals surface area contributed by atoms with Gasteiger partial charge in [0.1, 0.15) is 5.82 Å². The Morgan fingerprint density at radius 2 is 1.95 bits per heavy atom. The summed E-state index contributed by atoms with van der Waals surface area (Å²) in [6, 6.07) is 7.78. The smallest absolute Gasteiger partial charge is 0.123 e. The Morgan fingerprint density at radius 3 is 2.53 bits per heavy atom. The SMILES string of the molecule is CC(C)N1CCCCC(CN)C1c1ccc(F)cc1. The number of benzene rings is 1. The highest BCUT2D eigenvalue weighted by Gasteiger charge is 2.31. The van der Waals surface area contributed by atoms with Crippen molar-refractivity contribution in [2.75, 3.05) is 13.1 Å². The van der Waals surface area contributed by atoms with E-state index in [0.717, 1.165) is 6.54 Å². The zero-order chi connectivity index (χ0) is 13.8. The van der Waals surface area contributed by atoms with Crippen LogP contribution in [0.1, 0.15) is 44.7 Å². The van der Waals surface area contributed by atoms with E-state index in [0.29, 0.717) is 24.5 Å². The van der Waals surface area contributed by atoms with Gasteiger partial charge in [-0.1, -0.05) is 18.6 Å². The molecule has 1 aliphatic heterocycles. The number of likely N-dealkylation sites (tertiary alicyclic amines) is 1. The van der Waals surface area contributed by atoms with Crippen molar-refractivity contribution in [3.05, 3.63) is 35.6 Å². The number of rotatable bonds is 3. The fourth-order valence-electron chi connectivity index (χ4n) is 3.22. The second-order valence-electron chi connectivity index (χ2n) is 5.82. The second kappa shape index (κ2) is 6.49. The summed E-state index contributed by atoms with van der Waals surface area (Å²) in [4.78, 5) is 2.53. The van der Waals surface area contributed by atoms with E-state index in [1.165, 1.54) is 24.8 Å². The third-order valence-electron chi connectivity index (χ3n) is 4.22. The fraction of sp³-hybridized carbons (Fsp3) is 0.625. The quantitative estimate of drug-likeness (QED) is 0.907. The van der Waals surface area contributed by atoms with Crippen LogP contribution in [0.25, 0.3) is 0 Å². The predicted molar refractivity (Wildman–Crippen MR) is 77.4 cm³/mol. The number of nitrogens with two attached hydrogens (primary N) is 1. The molecule has 1 fully saturated rings. The lowest BCUT2D eigenvalue weighted by molar-refractivity contribution is 0.121. The largest absolute Gasteiger partial charge is 0.330 e. The van der Waals surface area contributed by atoms with Gasteiger partial charge in [-0.2, -0.15) is 0 Å². The molecule has 0 bridgehead atoms. The highest BCUT2D eigenvalue weighted by atomic mass is 19.1. The fourth-order valence-corrected chi connectivity index (χ4v) is 3.22. The van der Waals surface area contributed by atoms with Gasteiger partial charge in [0, 0.05) is 12.1 Å². The van der Waals surface area contributed by atoms with Crippen molar-refractivity contribution in [3.63, 3.8) is 0 Å². The number of hydrogen-bond donors (Lipinski definition) is 1. The normalized spacial score (nSPS) is 25.5. The molecule has 2 rings (SSSR count). The van der Waals surface area contributed by atoms with Crippen LogP contribution in [-0.2, 0) is 0 Å². The molecular weight excluding hydrogens is 239 g/mol. The number of hydrogen-bond acceptors (Lipinski definition) is 2. The van der Waals surface area contributed by atoms with E-state index in [1.807, 2.05) is 12.1 Å². The van der Waals surface area contributed by atoms with Gasteiger partial charge in [0.05, 0.1) is 0 Å². The summed E-state index contributed by atoms with van der Waals surface area (Å²) < 4.78 is 13.1. The van der Waals surface area contributed by atoms with Crippen molar-refractivity contribution < 1.29 is 4.39 Å². The summed E-state index contributed by atoms with van der Waals surface area (Å²) in [5.41, 5.74) is 7.19. The molecule has 2 atom stereocenters. The van der Waals surface area contributed by atoms with Crippen molar-refractivity contribution >= 4 is 0 Å². The first kappa shape index (κ1) is 14.5. The maximum atomic E-state index is 13.1. The first-order chi connectivity index (χ1) is 9.13. The zero-order valence-electron chi connectivity index (χ0n) is 12.0. The van der Waals surface area contributed by atoms with E-state index in [9.17, 15) is 4.39 Å². The molecule has 106 valence electrons. The van der Waals surface area contributed by atoms with Crippen molar-refractivity contribution in [3.8, 4) is 0 Å². The lowest BCUT2D eigenvalue weighted by Gasteiger charge is -2.37. The minimum Gasteiger partial charge on any atom is -0.330 e. The minimum atomic E-state index is -0.169. The lowest BCUT2D eigenvalue weighted by Crippen LogP contribution is -2.39. The molecule has 0 amide bonds. The van der Waals surface area contributed by atoms with Gasteiger partial charge in [-0.25, -0.2) is 4.39 Å². The maximum Gasteiger partial charge on any atom is 0.123 e. The molecule has 2 unspecified atom stereocenters. The molecule has 3 heteroatoms. The second-order valence-corrected chi connectivity index (χ2v) is 5.82. The molecule has 19 heavy (non-hydrogen) atoms. The monoisotopic (exact) mass is 264 g/mol. The summed E-state index contributed by atoms with van der Waals surface area (Å²) in [6.45, 7) is 6.27. The Bertz CT molecular complexity index is 388. The van der Waals surface area contributed by atoms with Crippen molar-refractivity contribution in [1.29, 1.82) is 0 Å². The number of halogens is 1. The summed E-state index contributed by atoms with van der Waals surface area (Å²) in [7, 11) is 0. The van der Waals surface area contributed by atoms with E-state index in [1.54, 1.807) is 12.1 Å². The molecule has 2 nitrogen and oxygen atoms in total. The number of nitrogens with zero attached hydrogens (tertiary/aromatic N) is 1. The topological polar surface area (TPSA) is 29.3 Å². The summed E-state index contributed by atoms with van der Waals surface area (Å²) >= 11 is 0. The summed E-state index contributed by atoms with van der Waals surface area (Å²) in [6.07, 6.45) is 3.64. The van der Waals surface area contributed by atoms with Crippen LogP contribution in [0, 0.1) is 11.7 Å². The van der Waals surface area contributed by atoms with Gasteiger partial charge >= 0.3 is 0 Å². The van der Waals surface area contributed by atoms with E-state index in [4.69, 9.17) is 5.73 Å². The van der Waals surface area contributed by atoms with Gasteiger partial charge in [-0.15, -0.1) is 0 Å². The molecule has 0 saturated carbocycles. The molecular formula is C16H25FN2. The van der Waals surface area contributed by atoms with E-state index in [2.05, 4.69) is 18.7 Å². The lowest BCUT2D eigenvalue weighted by atomic mass is 9.88. The first-order valence-corrected chi connectivity index (χ1v) is 7.34. The average molecular weight is 264 g/mol. The van der Waals surface area contributed by atoms with Crippen LogP contribution in [0.15, 0.2) is 24.3 Å². The summed E-state index contributed by atoms with van der Waals surface area (Å²) in [5, 5.41) is 0. The average Bonchev–Trinajstić information content (AvgIpc) is 2.61. The van der Waals surface area contributed by atoms with Crippen molar-refractivity contribution in [1.82, 2.24) is 4.90 Å². The third kappa shape index (κ3) is 3.34. The van der Waals surface area contributed by atoms with E-state index < -0.39 is 0 Å². The highest BCUT2D eigenvalue weighted by Crippen LogP contribution is 2.35. The Hall–Kier alpha value is -0.930. The zero-order valence-corrected chi connectivity index (χ0v) is 12.0. The van der Waals surface area contributed by atoms with Gasteiger partial charge in [-0.3, -0.25) is 4.90 Å². The van der Waals surface area contributed by atoms with Crippen LogP contribution in [0.3, 0.4) is 0 Å². The van der Waals surface area contributed by atoms with Crippen molar-refractivity contribution in [2.24, 2.45) is 11.7 Å². The summed E-state index contributed by atoms with van der Waals surface area (Å²) in [5.74, 6) is 0.299. The molecule has 1 saturated heterocycles. The minimum absolute atomic E-state index is 0.169. The molecule has 1 aromatic carbocycles. The van der Waals surface area contributed by atoms with Gasteiger partial charge in [0.2, 0.25) is 0 Å². The Balaban J connectivity index is 2.34. The maximum absolute atomic E-state index is 13.1.